The number of carbonyl (C=O) groups is 1. The Morgan fingerprint density at radius 2 is 2.19 bits per heavy atom. The smallest absolute Gasteiger partial charge is 0.306 e. The Morgan fingerprint density at radius 3 is 2.81 bits per heavy atom. The zero-order valence-corrected chi connectivity index (χ0v) is 12.3. The van der Waals surface area contributed by atoms with Crippen molar-refractivity contribution >= 4 is 5.91 Å². The first-order chi connectivity index (χ1) is 9.85. The summed E-state index contributed by atoms with van der Waals surface area (Å²) in [7, 11) is 5.03. The molecule has 0 radical (unpaired) electrons. The van der Waals surface area contributed by atoms with Crippen LogP contribution in [-0.4, -0.2) is 50.1 Å². The fraction of sp³-hybridized carbons (Fsp3) is 0.429. The first-order valence-corrected chi connectivity index (χ1v) is 6.33. The summed E-state index contributed by atoms with van der Waals surface area (Å²) in [4.78, 5) is 17.0. The number of carbonyl (C=O) groups excluding carboxylic acids is 1. The average molecular weight is 299 g/mol. The number of halogens is 2. The fourth-order valence-electron chi connectivity index (χ4n) is 1.45. The molecular weight excluding hydrogens is 280 g/mol. The molecule has 1 N–H and O–H groups in total. The van der Waals surface area contributed by atoms with E-state index in [-0.39, 0.29) is 5.88 Å². The van der Waals surface area contributed by atoms with E-state index in [0.717, 1.165) is 0 Å². The van der Waals surface area contributed by atoms with Crippen LogP contribution in [-0.2, 0) is 10.7 Å². The van der Waals surface area contributed by atoms with Crippen LogP contribution in [0.3, 0.4) is 0 Å². The molecule has 0 saturated carbocycles. The number of amides is 1. The number of pyridine rings is 1. The number of aromatic nitrogens is 1. The number of alkyl halides is 2. The van der Waals surface area contributed by atoms with Crippen molar-refractivity contribution in [2.75, 3.05) is 34.3 Å². The van der Waals surface area contributed by atoms with Crippen molar-refractivity contribution in [3.8, 4) is 5.88 Å². The molecule has 7 heteroatoms. The van der Waals surface area contributed by atoms with Gasteiger partial charge in [-0.15, -0.1) is 0 Å². The van der Waals surface area contributed by atoms with E-state index < -0.39 is 24.1 Å². The van der Waals surface area contributed by atoms with Gasteiger partial charge in [0.25, 0.3) is 0 Å². The summed E-state index contributed by atoms with van der Waals surface area (Å²) in [5.74, 6) is -3.73. The summed E-state index contributed by atoms with van der Waals surface area (Å²) in [5, 5.41) is 2.16. The first-order valence-electron chi connectivity index (χ1n) is 6.33. The summed E-state index contributed by atoms with van der Waals surface area (Å²) in [5.41, 5.74) is -0.445. The zero-order valence-electron chi connectivity index (χ0n) is 12.3. The van der Waals surface area contributed by atoms with Gasteiger partial charge in [0.1, 0.15) is 5.69 Å². The van der Waals surface area contributed by atoms with Crippen LogP contribution in [0.1, 0.15) is 5.69 Å². The lowest BCUT2D eigenvalue weighted by molar-refractivity contribution is -0.118. The lowest BCUT2D eigenvalue weighted by Gasteiger charge is -2.16. The van der Waals surface area contributed by atoms with E-state index in [9.17, 15) is 13.6 Å². The van der Waals surface area contributed by atoms with E-state index in [2.05, 4.69) is 10.3 Å². The molecule has 0 spiro atoms. The lowest BCUT2D eigenvalue weighted by Crippen LogP contribution is -2.34. The molecule has 0 aliphatic carbocycles. The van der Waals surface area contributed by atoms with Gasteiger partial charge in [-0.3, -0.25) is 4.79 Å². The minimum atomic E-state index is -3.26. The van der Waals surface area contributed by atoms with Gasteiger partial charge in [0, 0.05) is 18.7 Å². The molecule has 0 aliphatic rings. The summed E-state index contributed by atoms with van der Waals surface area (Å²) in [6.07, 6.45) is 2.83. The average Bonchev–Trinajstić information content (AvgIpc) is 2.45. The van der Waals surface area contributed by atoms with Crippen molar-refractivity contribution in [1.29, 1.82) is 0 Å². The molecule has 0 unspecified atom stereocenters. The van der Waals surface area contributed by atoms with E-state index in [1.54, 1.807) is 6.08 Å². The van der Waals surface area contributed by atoms with Gasteiger partial charge in [0.15, 0.2) is 0 Å². The minimum absolute atomic E-state index is 0.101. The zero-order chi connectivity index (χ0) is 15.9. The van der Waals surface area contributed by atoms with Gasteiger partial charge in [-0.05, 0) is 20.2 Å². The van der Waals surface area contributed by atoms with Crippen LogP contribution in [0, 0.1) is 0 Å². The van der Waals surface area contributed by atoms with Gasteiger partial charge in [0.05, 0.1) is 13.7 Å². The molecular formula is C14H19F2N3O2. The maximum Gasteiger partial charge on any atom is 0.306 e. The Balaban J connectivity index is 2.59. The normalized spacial score (nSPS) is 11.9. The Labute approximate surface area is 122 Å². The van der Waals surface area contributed by atoms with E-state index in [1.165, 1.54) is 31.4 Å². The first kappa shape index (κ1) is 17.0. The van der Waals surface area contributed by atoms with Crippen LogP contribution >= 0.6 is 0 Å². The molecule has 116 valence electrons. The molecule has 1 amide bonds. The van der Waals surface area contributed by atoms with E-state index >= 15 is 0 Å². The maximum absolute atomic E-state index is 13.9. The molecule has 0 saturated heterocycles. The highest BCUT2D eigenvalue weighted by Crippen LogP contribution is 2.26. The van der Waals surface area contributed by atoms with Gasteiger partial charge < -0.3 is 15.0 Å². The molecule has 0 fully saturated rings. The maximum atomic E-state index is 13.9. The third-order valence-electron chi connectivity index (χ3n) is 2.53. The molecule has 21 heavy (non-hydrogen) atoms. The van der Waals surface area contributed by atoms with E-state index in [4.69, 9.17) is 4.74 Å². The predicted molar refractivity (Wildman–Crippen MR) is 75.4 cm³/mol. The largest absolute Gasteiger partial charge is 0.481 e. The number of nitrogens with zero attached hydrogens (tertiary/aromatic N) is 2. The van der Waals surface area contributed by atoms with Crippen LogP contribution in [0.5, 0.6) is 5.88 Å². The summed E-state index contributed by atoms with van der Waals surface area (Å²) < 4.78 is 32.6. The van der Waals surface area contributed by atoms with Crippen molar-refractivity contribution in [2.45, 2.75) is 5.92 Å². The molecule has 1 aromatic heterocycles. The Hall–Kier alpha value is -2.02. The van der Waals surface area contributed by atoms with Crippen molar-refractivity contribution in [3.05, 3.63) is 36.0 Å². The molecule has 0 atom stereocenters. The molecule has 1 heterocycles. The quantitative estimate of drug-likeness (QED) is 0.774. The fourth-order valence-corrected chi connectivity index (χ4v) is 1.45. The third-order valence-corrected chi connectivity index (χ3v) is 2.53. The minimum Gasteiger partial charge on any atom is -0.481 e. The van der Waals surface area contributed by atoms with Crippen molar-refractivity contribution in [3.63, 3.8) is 0 Å². The van der Waals surface area contributed by atoms with Crippen molar-refractivity contribution in [1.82, 2.24) is 15.2 Å². The van der Waals surface area contributed by atoms with Gasteiger partial charge >= 0.3 is 5.92 Å². The third kappa shape index (κ3) is 5.86. The lowest BCUT2D eigenvalue weighted by atomic mass is 10.2. The number of hydrogen-bond acceptors (Lipinski definition) is 4. The Morgan fingerprint density at radius 1 is 1.48 bits per heavy atom. The number of nitrogens with one attached hydrogen (secondary N) is 1. The van der Waals surface area contributed by atoms with Gasteiger partial charge in [-0.2, -0.15) is 8.78 Å². The van der Waals surface area contributed by atoms with E-state index in [1.807, 2.05) is 19.0 Å². The predicted octanol–water partition coefficient (Wildman–Crippen LogP) is 1.42. The highest BCUT2D eigenvalue weighted by molar-refractivity contribution is 5.87. The number of rotatable bonds is 7. The molecule has 5 nitrogen and oxygen atoms in total. The highest BCUT2D eigenvalue weighted by atomic mass is 19.3. The van der Waals surface area contributed by atoms with Gasteiger partial charge in [-0.1, -0.05) is 12.1 Å². The molecule has 0 bridgehead atoms. The van der Waals surface area contributed by atoms with Crippen LogP contribution < -0.4 is 10.1 Å². The van der Waals surface area contributed by atoms with Crippen LogP contribution in [0.4, 0.5) is 8.78 Å². The highest BCUT2D eigenvalue weighted by Gasteiger charge is 2.33. The molecule has 1 rings (SSSR count). The SMILES string of the molecule is COc1cccc(C(F)(F)CNC(=O)/C=C/CN(C)C)n1. The standard InChI is InChI=1S/C14H19F2N3O2/c1-19(2)9-5-7-12(20)17-10-14(15,16)11-6-4-8-13(18-11)21-3/h4-8H,9-10H2,1-3H3,(H,17,20)/b7-5+. The second-order valence-electron chi connectivity index (χ2n) is 4.65. The second-order valence-corrected chi connectivity index (χ2v) is 4.65. The summed E-state index contributed by atoms with van der Waals surface area (Å²) in [6, 6.07) is 4.09. The topological polar surface area (TPSA) is 54.5 Å². The Bertz CT molecular complexity index is 505. The van der Waals surface area contributed by atoms with Crippen LogP contribution in [0.15, 0.2) is 30.4 Å². The van der Waals surface area contributed by atoms with Crippen LogP contribution in [0.2, 0.25) is 0 Å². The Kier molecular flexibility index (Phi) is 6.23. The second kappa shape index (κ2) is 7.68. The van der Waals surface area contributed by atoms with Crippen molar-refractivity contribution in [2.24, 2.45) is 0 Å². The number of hydrogen-bond donors (Lipinski definition) is 1. The molecule has 0 aliphatic heterocycles. The van der Waals surface area contributed by atoms with Crippen molar-refractivity contribution < 1.29 is 18.3 Å². The van der Waals surface area contributed by atoms with Crippen LogP contribution in [0.25, 0.3) is 0 Å². The number of likely N-dealkylation sites (N-methyl/N-ethyl adjacent to an activating group) is 1. The summed E-state index contributed by atoms with van der Waals surface area (Å²) >= 11 is 0. The summed E-state index contributed by atoms with van der Waals surface area (Å²) in [6.45, 7) is -0.264. The van der Waals surface area contributed by atoms with Gasteiger partial charge in [-0.25, -0.2) is 4.98 Å². The molecule has 0 aromatic carbocycles. The number of ether oxygens (including phenoxy) is 1. The monoisotopic (exact) mass is 299 g/mol. The molecule has 1 aromatic rings. The van der Waals surface area contributed by atoms with Gasteiger partial charge in [0.2, 0.25) is 11.8 Å². The van der Waals surface area contributed by atoms with E-state index in [0.29, 0.717) is 6.54 Å². The number of methoxy groups -OCH3 is 1.